The van der Waals surface area contributed by atoms with Gasteiger partial charge >= 0.3 is 0 Å². The first-order valence-corrected chi connectivity index (χ1v) is 4.14. The van der Waals surface area contributed by atoms with Crippen molar-refractivity contribution in [1.82, 2.24) is 4.98 Å². The molecule has 1 heterocycles. The van der Waals surface area contributed by atoms with Crippen LogP contribution in [0, 0.1) is 17.0 Å². The fourth-order valence-corrected chi connectivity index (χ4v) is 1.01. The number of pyridine rings is 1. The van der Waals surface area contributed by atoms with Crippen LogP contribution in [0.25, 0.3) is 0 Å². The van der Waals surface area contributed by atoms with Crippen LogP contribution in [-0.2, 0) is 4.79 Å². The number of carbonyl (C=O) groups excluding carboxylic acids is 1. The van der Waals surface area contributed by atoms with Crippen molar-refractivity contribution in [2.45, 2.75) is 6.92 Å². The molecule has 0 aromatic carbocycles. The van der Waals surface area contributed by atoms with Gasteiger partial charge in [-0.25, -0.2) is 4.98 Å². The molecule has 1 amide bonds. The molecule has 7 heteroatoms. The van der Waals surface area contributed by atoms with Crippen molar-refractivity contribution in [3.63, 3.8) is 0 Å². The zero-order valence-electron chi connectivity index (χ0n) is 8.06. The summed E-state index contributed by atoms with van der Waals surface area (Å²) in [5.74, 6) is -0.135. The molecule has 1 aromatic heterocycles. The molecule has 7 nitrogen and oxygen atoms in total. The molecule has 0 spiro atoms. The third kappa shape index (κ3) is 2.90. The Morgan fingerprint density at radius 3 is 2.87 bits per heavy atom. The van der Waals surface area contributed by atoms with E-state index >= 15 is 0 Å². The summed E-state index contributed by atoms with van der Waals surface area (Å²) in [6.07, 6.45) is 1.14. The predicted molar refractivity (Wildman–Crippen MR) is 53.3 cm³/mol. The number of amides is 1. The van der Waals surface area contributed by atoms with E-state index in [0.29, 0.717) is 11.4 Å². The molecule has 0 fully saturated rings. The van der Waals surface area contributed by atoms with Gasteiger partial charge in [-0.2, -0.15) is 0 Å². The summed E-state index contributed by atoms with van der Waals surface area (Å²) in [7, 11) is 0. The Morgan fingerprint density at radius 2 is 2.40 bits per heavy atom. The van der Waals surface area contributed by atoms with Gasteiger partial charge in [-0.05, 0) is 13.0 Å². The Balaban J connectivity index is 2.82. The number of nitrogens with two attached hydrogens (primary N) is 1. The van der Waals surface area contributed by atoms with Gasteiger partial charge in [0.15, 0.2) is 0 Å². The Hall–Kier alpha value is -2.18. The van der Waals surface area contributed by atoms with E-state index in [4.69, 9.17) is 5.73 Å². The molecule has 15 heavy (non-hydrogen) atoms. The van der Waals surface area contributed by atoms with E-state index in [0.717, 1.165) is 6.20 Å². The predicted octanol–water partition coefficient (Wildman–Crippen LogP) is 0.195. The number of anilines is 1. The Kier molecular flexibility index (Phi) is 3.17. The van der Waals surface area contributed by atoms with Gasteiger partial charge in [-0.3, -0.25) is 14.9 Å². The minimum atomic E-state index is -0.521. The minimum absolute atomic E-state index is 0.0513. The van der Waals surface area contributed by atoms with Crippen LogP contribution in [0.15, 0.2) is 12.3 Å². The van der Waals surface area contributed by atoms with Crippen molar-refractivity contribution < 1.29 is 9.72 Å². The molecule has 3 N–H and O–H groups in total. The van der Waals surface area contributed by atoms with E-state index in [1.54, 1.807) is 6.92 Å². The van der Waals surface area contributed by atoms with Crippen molar-refractivity contribution in [3.8, 4) is 0 Å². The summed E-state index contributed by atoms with van der Waals surface area (Å²) in [5.41, 5.74) is 5.34. The van der Waals surface area contributed by atoms with E-state index in [1.807, 2.05) is 0 Å². The van der Waals surface area contributed by atoms with Gasteiger partial charge in [-0.15, -0.1) is 0 Å². The van der Waals surface area contributed by atoms with Crippen LogP contribution in [0.3, 0.4) is 0 Å². The average molecular weight is 210 g/mol. The standard InChI is InChI=1S/C8H10N4O3/c1-5-2-8(11-4-7(9)13)10-3-6(5)12(14)15/h2-3H,4H2,1H3,(H2,9,13)(H,10,11). The number of nitrogens with zero attached hydrogens (tertiary/aromatic N) is 2. The van der Waals surface area contributed by atoms with E-state index in [1.165, 1.54) is 6.07 Å². The van der Waals surface area contributed by atoms with Crippen LogP contribution in [-0.4, -0.2) is 22.4 Å². The summed E-state index contributed by atoms with van der Waals surface area (Å²) in [5, 5.41) is 13.1. The van der Waals surface area contributed by atoms with Crippen molar-refractivity contribution in [3.05, 3.63) is 27.9 Å². The van der Waals surface area contributed by atoms with Gasteiger partial charge in [-0.1, -0.05) is 0 Å². The maximum Gasteiger partial charge on any atom is 0.290 e. The van der Waals surface area contributed by atoms with Crippen molar-refractivity contribution in [2.24, 2.45) is 5.73 Å². The highest BCUT2D eigenvalue weighted by Gasteiger charge is 2.11. The highest BCUT2D eigenvalue weighted by molar-refractivity contribution is 5.78. The van der Waals surface area contributed by atoms with Gasteiger partial charge in [0.1, 0.15) is 12.0 Å². The maximum atomic E-state index is 10.5. The van der Waals surface area contributed by atoms with Crippen LogP contribution in [0.4, 0.5) is 11.5 Å². The lowest BCUT2D eigenvalue weighted by Gasteiger charge is -2.03. The van der Waals surface area contributed by atoms with Crippen LogP contribution < -0.4 is 11.1 Å². The molecule has 0 aliphatic heterocycles. The quantitative estimate of drug-likeness (QED) is 0.544. The zero-order chi connectivity index (χ0) is 11.4. The van der Waals surface area contributed by atoms with Gasteiger partial charge in [0, 0.05) is 5.56 Å². The summed E-state index contributed by atoms with van der Waals surface area (Å²) in [6.45, 7) is 1.54. The Morgan fingerprint density at radius 1 is 1.73 bits per heavy atom. The highest BCUT2D eigenvalue weighted by atomic mass is 16.6. The second-order valence-electron chi connectivity index (χ2n) is 2.93. The lowest BCUT2D eigenvalue weighted by molar-refractivity contribution is -0.385. The smallest absolute Gasteiger partial charge is 0.290 e. The topological polar surface area (TPSA) is 111 Å². The molecule has 1 aromatic rings. The Labute approximate surface area is 85.5 Å². The number of nitrogens with one attached hydrogen (secondary N) is 1. The molecule has 80 valence electrons. The summed E-state index contributed by atoms with van der Waals surface area (Å²) in [6, 6.07) is 1.49. The summed E-state index contributed by atoms with van der Waals surface area (Å²) in [4.78, 5) is 24.2. The van der Waals surface area contributed by atoms with E-state index < -0.39 is 10.8 Å². The zero-order valence-corrected chi connectivity index (χ0v) is 8.06. The molecule has 1 rings (SSSR count). The number of nitro groups is 1. The van der Waals surface area contributed by atoms with Crippen LogP contribution in [0.2, 0.25) is 0 Å². The van der Waals surface area contributed by atoms with Gasteiger partial charge in [0.2, 0.25) is 5.91 Å². The SMILES string of the molecule is Cc1cc(NCC(N)=O)ncc1[N+](=O)[O-]. The molecule has 0 saturated carbocycles. The van der Waals surface area contributed by atoms with Crippen molar-refractivity contribution in [1.29, 1.82) is 0 Å². The second-order valence-corrected chi connectivity index (χ2v) is 2.93. The minimum Gasteiger partial charge on any atom is -0.368 e. The number of aromatic nitrogens is 1. The molecule has 0 bridgehead atoms. The number of primary amides is 1. The highest BCUT2D eigenvalue weighted by Crippen LogP contribution is 2.18. The van der Waals surface area contributed by atoms with Gasteiger partial charge in [0.25, 0.3) is 5.69 Å². The van der Waals surface area contributed by atoms with Crippen LogP contribution in [0.1, 0.15) is 5.56 Å². The van der Waals surface area contributed by atoms with Crippen molar-refractivity contribution >= 4 is 17.4 Å². The van der Waals surface area contributed by atoms with Gasteiger partial charge < -0.3 is 11.1 Å². The van der Waals surface area contributed by atoms with E-state index in [2.05, 4.69) is 10.3 Å². The fourth-order valence-electron chi connectivity index (χ4n) is 1.01. The summed E-state index contributed by atoms with van der Waals surface area (Å²) >= 11 is 0. The number of hydrogen-bond acceptors (Lipinski definition) is 5. The number of carbonyl (C=O) groups is 1. The van der Waals surface area contributed by atoms with E-state index in [9.17, 15) is 14.9 Å². The normalized spacial score (nSPS) is 9.67. The largest absolute Gasteiger partial charge is 0.368 e. The Bertz CT molecular complexity index is 405. The third-order valence-corrected chi connectivity index (χ3v) is 1.72. The average Bonchev–Trinajstić information content (AvgIpc) is 2.14. The molecule has 0 radical (unpaired) electrons. The molecule has 0 aliphatic rings. The van der Waals surface area contributed by atoms with Crippen LogP contribution in [0.5, 0.6) is 0 Å². The number of aryl methyl sites for hydroxylation is 1. The van der Waals surface area contributed by atoms with Crippen LogP contribution >= 0.6 is 0 Å². The first kappa shape index (κ1) is 10.9. The number of rotatable bonds is 4. The number of hydrogen-bond donors (Lipinski definition) is 2. The molecule has 0 saturated heterocycles. The first-order valence-electron chi connectivity index (χ1n) is 4.14. The fraction of sp³-hybridized carbons (Fsp3) is 0.250. The van der Waals surface area contributed by atoms with Gasteiger partial charge in [0.05, 0.1) is 11.5 Å². The molecule has 0 aliphatic carbocycles. The van der Waals surface area contributed by atoms with E-state index in [-0.39, 0.29) is 12.2 Å². The lowest BCUT2D eigenvalue weighted by atomic mass is 10.2. The first-order chi connectivity index (χ1) is 7.00. The maximum absolute atomic E-state index is 10.5. The molecular weight excluding hydrogens is 200 g/mol. The summed E-state index contributed by atoms with van der Waals surface area (Å²) < 4.78 is 0. The van der Waals surface area contributed by atoms with Crippen molar-refractivity contribution in [2.75, 3.05) is 11.9 Å². The lowest BCUT2D eigenvalue weighted by Crippen LogP contribution is -2.22. The monoisotopic (exact) mass is 210 g/mol. The third-order valence-electron chi connectivity index (χ3n) is 1.72. The molecule has 0 atom stereocenters. The molecule has 0 unspecified atom stereocenters. The second kappa shape index (κ2) is 4.36. The molecular formula is C8H10N4O3.